The van der Waals surface area contributed by atoms with Gasteiger partial charge in [-0.2, -0.15) is 0 Å². The lowest BCUT2D eigenvalue weighted by molar-refractivity contribution is -0.132. The van der Waals surface area contributed by atoms with Gasteiger partial charge in [-0.15, -0.1) is 0 Å². The first-order valence-corrected chi connectivity index (χ1v) is 11.8. The summed E-state index contributed by atoms with van der Waals surface area (Å²) in [4.78, 5) is 33.2. The summed E-state index contributed by atoms with van der Waals surface area (Å²) >= 11 is 0. The van der Waals surface area contributed by atoms with Crippen LogP contribution in [0.3, 0.4) is 0 Å². The predicted octanol–water partition coefficient (Wildman–Crippen LogP) is 4.01. The van der Waals surface area contributed by atoms with Crippen LogP contribution in [0.25, 0.3) is 0 Å². The standard InChI is InChI=1S/C27H35N3O3/c1-5-11-20(17-31)22(16-18(2)3)26(32)29-25-27(33)30(4)23-15-10-9-14-21(23)24(28-25)19-12-7-6-8-13-19/h6-10,12-15,18,20,22,25,31H,5,11,16-17H2,1-4H3,(H,29,32)/t20-,22-,25?/m1/s1. The summed E-state index contributed by atoms with van der Waals surface area (Å²) in [5, 5.41) is 12.9. The fraction of sp³-hybridized carbons (Fsp3) is 0.444. The molecule has 33 heavy (non-hydrogen) atoms. The monoisotopic (exact) mass is 449 g/mol. The number of para-hydroxylation sites is 1. The number of benzene rings is 2. The lowest BCUT2D eigenvalue weighted by atomic mass is 9.82. The SMILES string of the molecule is CCC[C@H](CO)[C@@H](CC(C)C)C(=O)NC1N=C(c2ccccc2)c2ccccc2N(C)C1=O. The largest absolute Gasteiger partial charge is 0.396 e. The molecule has 0 saturated carbocycles. The Morgan fingerprint density at radius 3 is 2.42 bits per heavy atom. The summed E-state index contributed by atoms with van der Waals surface area (Å²) in [7, 11) is 1.71. The van der Waals surface area contributed by atoms with Gasteiger partial charge in [0.1, 0.15) is 0 Å². The van der Waals surface area contributed by atoms with E-state index in [2.05, 4.69) is 19.2 Å². The first kappa shape index (κ1) is 24.6. The number of carbonyl (C=O) groups is 2. The molecular formula is C27H35N3O3. The van der Waals surface area contributed by atoms with Crippen molar-refractivity contribution >= 4 is 23.2 Å². The number of aliphatic hydroxyl groups excluding tert-OH is 1. The molecule has 0 radical (unpaired) electrons. The van der Waals surface area contributed by atoms with Crippen LogP contribution in [0.4, 0.5) is 5.69 Å². The molecule has 1 unspecified atom stereocenters. The van der Waals surface area contributed by atoms with E-state index in [1.54, 1.807) is 11.9 Å². The second-order valence-electron chi connectivity index (χ2n) is 9.14. The Bertz CT molecular complexity index is 987. The van der Waals surface area contributed by atoms with Gasteiger partial charge in [-0.25, -0.2) is 4.99 Å². The van der Waals surface area contributed by atoms with Crippen molar-refractivity contribution < 1.29 is 14.7 Å². The molecule has 1 heterocycles. The van der Waals surface area contributed by atoms with Gasteiger partial charge in [0, 0.05) is 30.7 Å². The first-order valence-electron chi connectivity index (χ1n) is 11.8. The predicted molar refractivity (Wildman–Crippen MR) is 132 cm³/mol. The number of fused-ring (bicyclic) bond motifs is 1. The van der Waals surface area contributed by atoms with Gasteiger partial charge in [-0.05, 0) is 30.7 Å². The molecule has 0 spiro atoms. The highest BCUT2D eigenvalue weighted by atomic mass is 16.3. The van der Waals surface area contributed by atoms with Crippen LogP contribution in [-0.2, 0) is 9.59 Å². The van der Waals surface area contributed by atoms with Crippen LogP contribution < -0.4 is 10.2 Å². The van der Waals surface area contributed by atoms with Crippen LogP contribution in [0, 0.1) is 17.8 Å². The zero-order valence-corrected chi connectivity index (χ0v) is 20.0. The quantitative estimate of drug-likeness (QED) is 0.607. The minimum atomic E-state index is -1.04. The zero-order chi connectivity index (χ0) is 24.0. The summed E-state index contributed by atoms with van der Waals surface area (Å²) in [6.45, 7) is 6.12. The maximum atomic E-state index is 13.4. The fourth-order valence-electron chi connectivity index (χ4n) is 4.50. The lowest BCUT2D eigenvalue weighted by Gasteiger charge is -2.28. The average Bonchev–Trinajstić information content (AvgIpc) is 2.92. The molecule has 2 aromatic carbocycles. The normalized spacial score (nSPS) is 17.8. The molecule has 2 amide bonds. The molecule has 2 aromatic rings. The maximum Gasteiger partial charge on any atom is 0.272 e. The van der Waals surface area contributed by atoms with E-state index in [1.165, 1.54) is 0 Å². The van der Waals surface area contributed by atoms with Crippen LogP contribution in [0.5, 0.6) is 0 Å². The number of benzodiazepines with no additional fused rings is 1. The van der Waals surface area contributed by atoms with E-state index in [4.69, 9.17) is 4.99 Å². The van der Waals surface area contributed by atoms with Crippen LogP contribution in [-0.4, -0.2) is 42.5 Å². The summed E-state index contributed by atoms with van der Waals surface area (Å²) in [6, 6.07) is 17.3. The molecule has 0 aromatic heterocycles. The average molecular weight is 450 g/mol. The minimum Gasteiger partial charge on any atom is -0.396 e. The number of nitrogens with zero attached hydrogens (tertiary/aromatic N) is 2. The van der Waals surface area contributed by atoms with Crippen molar-refractivity contribution in [2.75, 3.05) is 18.6 Å². The highest BCUT2D eigenvalue weighted by molar-refractivity contribution is 6.20. The van der Waals surface area contributed by atoms with Crippen LogP contribution in [0.15, 0.2) is 59.6 Å². The van der Waals surface area contributed by atoms with Crippen LogP contribution >= 0.6 is 0 Å². The Morgan fingerprint density at radius 1 is 1.12 bits per heavy atom. The zero-order valence-electron chi connectivity index (χ0n) is 20.0. The van der Waals surface area contributed by atoms with Gasteiger partial charge < -0.3 is 15.3 Å². The van der Waals surface area contributed by atoms with E-state index in [9.17, 15) is 14.7 Å². The molecule has 0 saturated heterocycles. The van der Waals surface area contributed by atoms with Crippen molar-refractivity contribution in [2.24, 2.45) is 22.7 Å². The third-order valence-electron chi connectivity index (χ3n) is 6.19. The van der Waals surface area contributed by atoms with Gasteiger partial charge in [-0.3, -0.25) is 9.59 Å². The summed E-state index contributed by atoms with van der Waals surface area (Å²) in [5.74, 6) is -0.766. The number of aliphatic imine (C=N–C) groups is 1. The van der Waals surface area contributed by atoms with Crippen molar-refractivity contribution in [1.82, 2.24) is 5.32 Å². The van der Waals surface area contributed by atoms with Crippen molar-refractivity contribution in [3.05, 3.63) is 65.7 Å². The topological polar surface area (TPSA) is 82.0 Å². The maximum absolute atomic E-state index is 13.4. The van der Waals surface area contributed by atoms with E-state index in [-0.39, 0.29) is 36.2 Å². The van der Waals surface area contributed by atoms with E-state index < -0.39 is 6.17 Å². The number of amides is 2. The molecule has 0 fully saturated rings. The molecule has 2 N–H and O–H groups in total. The number of nitrogens with one attached hydrogen (secondary N) is 1. The van der Waals surface area contributed by atoms with Crippen molar-refractivity contribution in [3.8, 4) is 0 Å². The highest BCUT2D eigenvalue weighted by Crippen LogP contribution is 2.28. The van der Waals surface area contributed by atoms with Crippen LogP contribution in [0.1, 0.15) is 51.2 Å². The molecule has 6 heteroatoms. The summed E-state index contributed by atoms with van der Waals surface area (Å²) in [5.41, 5.74) is 3.14. The number of hydrogen-bond acceptors (Lipinski definition) is 4. The number of hydrogen-bond donors (Lipinski definition) is 2. The Kier molecular flexibility index (Phi) is 8.39. The van der Waals surface area contributed by atoms with E-state index >= 15 is 0 Å². The Hall–Kier alpha value is -2.99. The molecule has 0 aliphatic carbocycles. The number of likely N-dealkylation sites (N-methyl/N-ethyl adjacent to an activating group) is 1. The van der Waals surface area contributed by atoms with E-state index in [1.807, 2.05) is 61.5 Å². The van der Waals surface area contributed by atoms with E-state index in [0.29, 0.717) is 12.1 Å². The molecule has 1 aliphatic heterocycles. The first-order chi connectivity index (χ1) is 15.9. The molecule has 176 valence electrons. The smallest absolute Gasteiger partial charge is 0.272 e. The minimum absolute atomic E-state index is 0.0544. The summed E-state index contributed by atoms with van der Waals surface area (Å²) < 4.78 is 0. The number of carbonyl (C=O) groups excluding carboxylic acids is 2. The molecular weight excluding hydrogens is 414 g/mol. The van der Waals surface area contributed by atoms with Gasteiger partial charge in [0.15, 0.2) is 0 Å². The Morgan fingerprint density at radius 2 is 1.79 bits per heavy atom. The third kappa shape index (κ3) is 5.69. The number of aliphatic hydroxyl groups is 1. The van der Waals surface area contributed by atoms with Crippen molar-refractivity contribution in [3.63, 3.8) is 0 Å². The van der Waals surface area contributed by atoms with Crippen molar-refractivity contribution in [2.45, 2.75) is 46.2 Å². The second-order valence-corrected chi connectivity index (χ2v) is 9.14. The molecule has 3 atom stereocenters. The highest BCUT2D eigenvalue weighted by Gasteiger charge is 2.34. The summed E-state index contributed by atoms with van der Waals surface area (Å²) in [6.07, 6.45) is 1.23. The Labute approximate surface area is 196 Å². The number of anilines is 1. The molecule has 6 nitrogen and oxygen atoms in total. The molecule has 0 bridgehead atoms. The van der Waals surface area contributed by atoms with Gasteiger partial charge in [0.25, 0.3) is 5.91 Å². The fourth-order valence-corrected chi connectivity index (χ4v) is 4.50. The number of rotatable bonds is 9. The van der Waals surface area contributed by atoms with Gasteiger partial charge in [0.05, 0.1) is 11.4 Å². The van der Waals surface area contributed by atoms with Gasteiger partial charge >= 0.3 is 0 Å². The third-order valence-corrected chi connectivity index (χ3v) is 6.19. The second kappa shape index (κ2) is 11.2. The van der Waals surface area contributed by atoms with Gasteiger partial charge in [-0.1, -0.05) is 75.7 Å². The molecule has 1 aliphatic rings. The van der Waals surface area contributed by atoms with E-state index in [0.717, 1.165) is 29.7 Å². The Balaban J connectivity index is 2.00. The lowest BCUT2D eigenvalue weighted by Crippen LogP contribution is -2.49. The van der Waals surface area contributed by atoms with Crippen molar-refractivity contribution in [1.29, 1.82) is 0 Å². The van der Waals surface area contributed by atoms with Gasteiger partial charge in [0.2, 0.25) is 12.1 Å². The molecule has 3 rings (SSSR count). The van der Waals surface area contributed by atoms with Crippen LogP contribution in [0.2, 0.25) is 0 Å².